The lowest BCUT2D eigenvalue weighted by atomic mass is 10.0. The van der Waals surface area contributed by atoms with Crippen molar-refractivity contribution in [2.45, 2.75) is 25.6 Å². The molecule has 5 heteroatoms. The number of methoxy groups -OCH3 is 2. The number of benzene rings is 1. The zero-order chi connectivity index (χ0) is 14.6. The van der Waals surface area contributed by atoms with Crippen LogP contribution in [0.15, 0.2) is 24.3 Å². The van der Waals surface area contributed by atoms with E-state index in [9.17, 15) is 4.79 Å². The predicted molar refractivity (Wildman–Crippen MR) is 77.8 cm³/mol. The molecule has 1 aliphatic heterocycles. The minimum absolute atomic E-state index is 0.0744. The van der Waals surface area contributed by atoms with Gasteiger partial charge < -0.3 is 19.7 Å². The van der Waals surface area contributed by atoms with Gasteiger partial charge in [-0.15, -0.1) is 0 Å². The van der Waals surface area contributed by atoms with E-state index >= 15 is 0 Å². The summed E-state index contributed by atoms with van der Waals surface area (Å²) < 4.78 is 10.8. The quantitative estimate of drug-likeness (QED) is 0.865. The predicted octanol–water partition coefficient (Wildman–Crippen LogP) is 2.61. The zero-order valence-electron chi connectivity index (χ0n) is 12.3. The highest BCUT2D eigenvalue weighted by Gasteiger charge is 2.35. The summed E-state index contributed by atoms with van der Waals surface area (Å²) in [6.45, 7) is 3.27. The lowest BCUT2D eigenvalue weighted by molar-refractivity contribution is -0.226. The molecule has 110 valence electrons. The molecule has 0 saturated carbocycles. The molecule has 5 nitrogen and oxygen atoms in total. The van der Waals surface area contributed by atoms with Crippen LogP contribution in [0.4, 0.5) is 10.5 Å². The maximum atomic E-state index is 12.2. The molecule has 0 unspecified atom stereocenters. The minimum atomic E-state index is -0.541. The summed E-state index contributed by atoms with van der Waals surface area (Å²) >= 11 is 0. The van der Waals surface area contributed by atoms with Gasteiger partial charge in [-0.25, -0.2) is 4.79 Å². The molecule has 1 aromatic carbocycles. The van der Waals surface area contributed by atoms with E-state index in [1.807, 2.05) is 31.2 Å². The fourth-order valence-corrected chi connectivity index (χ4v) is 2.38. The Morgan fingerprint density at radius 2 is 1.70 bits per heavy atom. The van der Waals surface area contributed by atoms with Crippen LogP contribution in [0.5, 0.6) is 0 Å². The number of hydrogen-bond donors (Lipinski definition) is 1. The highest BCUT2D eigenvalue weighted by molar-refractivity contribution is 5.89. The maximum absolute atomic E-state index is 12.2. The normalized spacial score (nSPS) is 17.9. The third-order valence-corrected chi connectivity index (χ3v) is 3.86. The van der Waals surface area contributed by atoms with Crippen LogP contribution in [-0.4, -0.2) is 44.0 Å². The highest BCUT2D eigenvalue weighted by Crippen LogP contribution is 2.26. The standard InChI is InChI=1S/C15H22N2O3/c1-12-4-6-13(7-5-12)16-14(18)17-10-8-15(19-2,20-3)9-11-17/h4-7H,8-11H2,1-3H3,(H,16,18). The number of rotatable bonds is 3. The Bertz CT molecular complexity index is 445. The van der Waals surface area contributed by atoms with Crippen LogP contribution in [0.1, 0.15) is 18.4 Å². The molecule has 1 saturated heterocycles. The third-order valence-electron chi connectivity index (χ3n) is 3.86. The van der Waals surface area contributed by atoms with E-state index in [0.717, 1.165) is 5.69 Å². The first-order chi connectivity index (χ1) is 9.58. The number of nitrogens with zero attached hydrogens (tertiary/aromatic N) is 1. The first kappa shape index (κ1) is 14.8. The number of ether oxygens (including phenoxy) is 2. The molecule has 0 bridgehead atoms. The van der Waals surface area contributed by atoms with E-state index in [1.165, 1.54) is 5.56 Å². The second-order valence-corrected chi connectivity index (χ2v) is 5.10. The van der Waals surface area contributed by atoms with Gasteiger partial charge in [-0.2, -0.15) is 0 Å². The van der Waals surface area contributed by atoms with Crippen molar-refractivity contribution >= 4 is 11.7 Å². The average molecular weight is 278 g/mol. The first-order valence-electron chi connectivity index (χ1n) is 6.81. The van der Waals surface area contributed by atoms with Gasteiger partial charge in [0.15, 0.2) is 5.79 Å². The molecule has 1 aromatic rings. The van der Waals surface area contributed by atoms with Crippen LogP contribution < -0.4 is 5.32 Å². The Hall–Kier alpha value is -1.59. The van der Waals surface area contributed by atoms with Crippen molar-refractivity contribution in [3.05, 3.63) is 29.8 Å². The fraction of sp³-hybridized carbons (Fsp3) is 0.533. The molecule has 2 amide bonds. The lowest BCUT2D eigenvalue weighted by Crippen LogP contribution is -2.49. The van der Waals surface area contributed by atoms with Gasteiger partial charge in [0.25, 0.3) is 0 Å². The second-order valence-electron chi connectivity index (χ2n) is 5.10. The maximum Gasteiger partial charge on any atom is 0.321 e. The van der Waals surface area contributed by atoms with Crippen LogP contribution >= 0.6 is 0 Å². The van der Waals surface area contributed by atoms with Crippen LogP contribution in [0.25, 0.3) is 0 Å². The summed E-state index contributed by atoms with van der Waals surface area (Å²) in [7, 11) is 3.29. The number of anilines is 1. The number of carbonyl (C=O) groups excluding carboxylic acids is 1. The molecule has 0 spiro atoms. The summed E-state index contributed by atoms with van der Waals surface area (Å²) in [5.41, 5.74) is 1.99. The minimum Gasteiger partial charge on any atom is -0.353 e. The molecule has 0 aromatic heterocycles. The largest absolute Gasteiger partial charge is 0.353 e. The van der Waals surface area contributed by atoms with Gasteiger partial charge in [0, 0.05) is 45.8 Å². The van der Waals surface area contributed by atoms with E-state index in [1.54, 1.807) is 19.1 Å². The Morgan fingerprint density at radius 3 is 2.20 bits per heavy atom. The van der Waals surface area contributed by atoms with Gasteiger partial charge in [0.05, 0.1) is 0 Å². The van der Waals surface area contributed by atoms with Gasteiger partial charge in [-0.05, 0) is 19.1 Å². The molecule has 0 radical (unpaired) electrons. The van der Waals surface area contributed by atoms with Crippen molar-refractivity contribution < 1.29 is 14.3 Å². The second kappa shape index (κ2) is 6.24. The molecular formula is C15H22N2O3. The Morgan fingerprint density at radius 1 is 1.15 bits per heavy atom. The van der Waals surface area contributed by atoms with Crippen molar-refractivity contribution in [2.24, 2.45) is 0 Å². The van der Waals surface area contributed by atoms with Gasteiger partial charge in [0.1, 0.15) is 0 Å². The van der Waals surface area contributed by atoms with Gasteiger partial charge in [-0.3, -0.25) is 0 Å². The number of likely N-dealkylation sites (tertiary alicyclic amines) is 1. The lowest BCUT2D eigenvalue weighted by Gasteiger charge is -2.39. The first-order valence-corrected chi connectivity index (χ1v) is 6.81. The molecule has 1 fully saturated rings. The van der Waals surface area contributed by atoms with Crippen molar-refractivity contribution in [3.63, 3.8) is 0 Å². The molecule has 0 atom stereocenters. The fourth-order valence-electron chi connectivity index (χ4n) is 2.38. The molecule has 0 aliphatic carbocycles. The van der Waals surface area contributed by atoms with Crippen molar-refractivity contribution in [2.75, 3.05) is 32.6 Å². The Balaban J connectivity index is 1.90. The smallest absolute Gasteiger partial charge is 0.321 e. The molecule has 1 N–H and O–H groups in total. The number of hydrogen-bond acceptors (Lipinski definition) is 3. The van der Waals surface area contributed by atoms with E-state index in [0.29, 0.717) is 25.9 Å². The van der Waals surface area contributed by atoms with Gasteiger partial charge >= 0.3 is 6.03 Å². The molecule has 1 aliphatic rings. The summed E-state index contributed by atoms with van der Waals surface area (Å²) in [6, 6.07) is 7.70. The summed E-state index contributed by atoms with van der Waals surface area (Å²) in [4.78, 5) is 14.0. The van der Waals surface area contributed by atoms with E-state index in [-0.39, 0.29) is 6.03 Å². The molecule has 20 heavy (non-hydrogen) atoms. The molecule has 1 heterocycles. The van der Waals surface area contributed by atoms with Crippen molar-refractivity contribution in [1.29, 1.82) is 0 Å². The Labute approximate surface area is 119 Å². The van der Waals surface area contributed by atoms with Gasteiger partial charge in [0.2, 0.25) is 0 Å². The number of aryl methyl sites for hydroxylation is 1. The van der Waals surface area contributed by atoms with Crippen molar-refractivity contribution in [3.8, 4) is 0 Å². The molecular weight excluding hydrogens is 256 g/mol. The number of carbonyl (C=O) groups is 1. The monoisotopic (exact) mass is 278 g/mol. The average Bonchev–Trinajstić information content (AvgIpc) is 2.49. The summed E-state index contributed by atoms with van der Waals surface area (Å²) in [6.07, 6.45) is 1.36. The van der Waals surface area contributed by atoms with Crippen LogP contribution in [0.2, 0.25) is 0 Å². The summed E-state index contributed by atoms with van der Waals surface area (Å²) in [5, 5.41) is 2.91. The van der Waals surface area contributed by atoms with Crippen LogP contribution in [-0.2, 0) is 9.47 Å². The summed E-state index contributed by atoms with van der Waals surface area (Å²) in [5.74, 6) is -0.541. The van der Waals surface area contributed by atoms with Crippen LogP contribution in [0, 0.1) is 6.92 Å². The molecule has 2 rings (SSSR count). The van der Waals surface area contributed by atoms with E-state index < -0.39 is 5.79 Å². The SMILES string of the molecule is COC1(OC)CCN(C(=O)Nc2ccc(C)cc2)CC1. The van der Waals surface area contributed by atoms with E-state index in [2.05, 4.69) is 5.32 Å². The zero-order valence-corrected chi connectivity index (χ0v) is 12.3. The number of piperidine rings is 1. The highest BCUT2D eigenvalue weighted by atomic mass is 16.7. The topological polar surface area (TPSA) is 50.8 Å². The van der Waals surface area contributed by atoms with Crippen LogP contribution in [0.3, 0.4) is 0 Å². The van der Waals surface area contributed by atoms with Crippen molar-refractivity contribution in [1.82, 2.24) is 4.90 Å². The Kier molecular flexibility index (Phi) is 4.62. The number of nitrogens with one attached hydrogen (secondary N) is 1. The van der Waals surface area contributed by atoms with E-state index in [4.69, 9.17) is 9.47 Å². The van der Waals surface area contributed by atoms with Gasteiger partial charge in [-0.1, -0.05) is 17.7 Å². The third kappa shape index (κ3) is 3.29. The number of urea groups is 1. The number of amides is 2.